The number of aromatic nitrogens is 2. The van der Waals surface area contributed by atoms with Gasteiger partial charge in [0, 0.05) is 16.7 Å². The van der Waals surface area contributed by atoms with Gasteiger partial charge in [-0.25, -0.2) is 9.97 Å². The summed E-state index contributed by atoms with van der Waals surface area (Å²) in [5.74, 6) is 1.46. The Hall–Kier alpha value is -1.08. The highest BCUT2D eigenvalue weighted by atomic mass is 127. The molecule has 17 heavy (non-hydrogen) atoms. The van der Waals surface area contributed by atoms with Gasteiger partial charge in [0.15, 0.2) is 0 Å². The molecule has 1 aromatic carbocycles. The maximum atomic E-state index is 6.09. The van der Waals surface area contributed by atoms with Crippen molar-refractivity contribution < 1.29 is 0 Å². The van der Waals surface area contributed by atoms with E-state index in [0.717, 1.165) is 15.1 Å². The van der Waals surface area contributed by atoms with Gasteiger partial charge >= 0.3 is 0 Å². The van der Waals surface area contributed by atoms with Crippen LogP contribution >= 0.6 is 34.2 Å². The van der Waals surface area contributed by atoms with Gasteiger partial charge in [-0.3, -0.25) is 0 Å². The summed E-state index contributed by atoms with van der Waals surface area (Å²) in [6.45, 7) is 0. The predicted octanol–water partition coefficient (Wildman–Crippen LogP) is 3.52. The summed E-state index contributed by atoms with van der Waals surface area (Å²) in [5, 5.41) is 6.78. The van der Waals surface area contributed by atoms with E-state index < -0.39 is 0 Å². The third-order valence-corrected chi connectivity index (χ3v) is 3.11. The van der Waals surface area contributed by atoms with E-state index in [4.69, 9.17) is 11.6 Å². The second kappa shape index (κ2) is 5.50. The number of anilines is 3. The van der Waals surface area contributed by atoms with E-state index >= 15 is 0 Å². The second-order valence-electron chi connectivity index (χ2n) is 3.29. The van der Waals surface area contributed by atoms with Crippen molar-refractivity contribution in [1.29, 1.82) is 0 Å². The highest BCUT2D eigenvalue weighted by molar-refractivity contribution is 14.1. The normalized spacial score (nSPS) is 10.1. The van der Waals surface area contributed by atoms with Crippen molar-refractivity contribution in [3.05, 3.63) is 39.2 Å². The number of halogens is 2. The Morgan fingerprint density at radius 3 is 2.71 bits per heavy atom. The smallest absolute Gasteiger partial charge is 0.135 e. The Bertz CT molecular complexity index is 533. The molecule has 0 amide bonds. The first-order chi connectivity index (χ1) is 8.19. The summed E-state index contributed by atoms with van der Waals surface area (Å²) < 4.78 is 1.11. The summed E-state index contributed by atoms with van der Waals surface area (Å²) in [6.07, 6.45) is 1.50. The Morgan fingerprint density at radius 1 is 1.18 bits per heavy atom. The molecule has 1 heterocycles. The molecule has 0 bridgehead atoms. The summed E-state index contributed by atoms with van der Waals surface area (Å²) in [6, 6.07) is 7.58. The maximum Gasteiger partial charge on any atom is 0.135 e. The first-order valence-corrected chi connectivity index (χ1v) is 6.36. The van der Waals surface area contributed by atoms with Crippen molar-refractivity contribution >= 4 is 51.5 Å². The summed E-state index contributed by atoms with van der Waals surface area (Å²) in [4.78, 5) is 8.17. The minimum absolute atomic E-state index is 0.662. The molecule has 0 unspecified atom stereocenters. The van der Waals surface area contributed by atoms with Crippen LogP contribution in [0.3, 0.4) is 0 Å². The topological polar surface area (TPSA) is 49.8 Å². The van der Waals surface area contributed by atoms with Crippen LogP contribution in [0.2, 0.25) is 5.02 Å². The monoisotopic (exact) mass is 360 g/mol. The van der Waals surface area contributed by atoms with Gasteiger partial charge in [-0.1, -0.05) is 11.6 Å². The number of hydrogen-bond acceptors (Lipinski definition) is 4. The van der Waals surface area contributed by atoms with Crippen LogP contribution in [0, 0.1) is 3.57 Å². The summed E-state index contributed by atoms with van der Waals surface area (Å²) in [5.41, 5.74) is 0.833. The van der Waals surface area contributed by atoms with Gasteiger partial charge in [0.05, 0.1) is 10.7 Å². The molecule has 0 saturated carbocycles. The lowest BCUT2D eigenvalue weighted by molar-refractivity contribution is 1.16. The maximum absolute atomic E-state index is 6.09. The molecule has 0 aliphatic carbocycles. The van der Waals surface area contributed by atoms with Gasteiger partial charge in [-0.2, -0.15) is 0 Å². The third-order valence-electron chi connectivity index (χ3n) is 2.11. The Balaban J connectivity index is 2.27. The summed E-state index contributed by atoms with van der Waals surface area (Å²) >= 11 is 8.33. The van der Waals surface area contributed by atoms with Crippen LogP contribution in [-0.2, 0) is 0 Å². The van der Waals surface area contributed by atoms with Gasteiger partial charge in [-0.05, 0) is 40.8 Å². The molecule has 4 nitrogen and oxygen atoms in total. The van der Waals surface area contributed by atoms with Crippen molar-refractivity contribution in [1.82, 2.24) is 9.97 Å². The summed E-state index contributed by atoms with van der Waals surface area (Å²) in [7, 11) is 1.81. The number of rotatable bonds is 3. The van der Waals surface area contributed by atoms with Gasteiger partial charge in [0.25, 0.3) is 0 Å². The SMILES string of the molecule is CNc1cc(Nc2cc(I)ccc2Cl)ncn1. The third kappa shape index (κ3) is 3.19. The average Bonchev–Trinajstić information content (AvgIpc) is 2.34. The Labute approximate surface area is 118 Å². The number of hydrogen-bond donors (Lipinski definition) is 2. The lowest BCUT2D eigenvalue weighted by Gasteiger charge is -2.08. The lowest BCUT2D eigenvalue weighted by atomic mass is 10.3. The zero-order valence-corrected chi connectivity index (χ0v) is 12.0. The van der Waals surface area contributed by atoms with Crippen molar-refractivity contribution in [3.63, 3.8) is 0 Å². The van der Waals surface area contributed by atoms with Crippen LogP contribution in [0.4, 0.5) is 17.3 Å². The molecule has 0 saturated heterocycles. The number of nitrogens with zero attached hydrogens (tertiary/aromatic N) is 2. The van der Waals surface area contributed by atoms with Crippen molar-refractivity contribution in [2.75, 3.05) is 17.7 Å². The van der Waals surface area contributed by atoms with Gasteiger partial charge in [0.2, 0.25) is 0 Å². The van der Waals surface area contributed by atoms with Crippen molar-refractivity contribution in [3.8, 4) is 0 Å². The van der Waals surface area contributed by atoms with Crippen LogP contribution in [0.5, 0.6) is 0 Å². The van der Waals surface area contributed by atoms with Crippen molar-refractivity contribution in [2.45, 2.75) is 0 Å². The molecular weight excluding hydrogens is 351 g/mol. The van der Waals surface area contributed by atoms with E-state index in [0.29, 0.717) is 10.8 Å². The molecule has 0 atom stereocenters. The van der Waals surface area contributed by atoms with E-state index in [9.17, 15) is 0 Å². The van der Waals surface area contributed by atoms with Crippen molar-refractivity contribution in [2.24, 2.45) is 0 Å². The average molecular weight is 361 g/mol. The van der Waals surface area contributed by atoms with E-state index in [1.165, 1.54) is 6.33 Å². The van der Waals surface area contributed by atoms with E-state index in [1.54, 1.807) is 0 Å². The molecule has 2 rings (SSSR count). The quantitative estimate of drug-likeness (QED) is 0.822. The fourth-order valence-electron chi connectivity index (χ4n) is 1.29. The standard InChI is InChI=1S/C11H10ClIN4/c1-14-10-5-11(16-6-15-10)17-9-4-7(13)2-3-8(9)12/h2-6H,1H3,(H2,14,15,16,17). The van der Waals surface area contributed by atoms with Gasteiger partial charge in [-0.15, -0.1) is 0 Å². The van der Waals surface area contributed by atoms with E-state index in [2.05, 4.69) is 43.2 Å². The zero-order valence-electron chi connectivity index (χ0n) is 9.04. The van der Waals surface area contributed by atoms with Crippen LogP contribution in [0.1, 0.15) is 0 Å². The minimum Gasteiger partial charge on any atom is -0.373 e. The molecule has 0 spiro atoms. The molecule has 0 fully saturated rings. The number of benzene rings is 1. The Morgan fingerprint density at radius 2 is 1.94 bits per heavy atom. The largest absolute Gasteiger partial charge is 0.373 e. The lowest BCUT2D eigenvalue weighted by Crippen LogP contribution is -1.98. The molecule has 2 aromatic rings. The number of nitrogens with one attached hydrogen (secondary N) is 2. The van der Waals surface area contributed by atoms with E-state index in [-0.39, 0.29) is 0 Å². The van der Waals surface area contributed by atoms with Crippen LogP contribution in [0.25, 0.3) is 0 Å². The fraction of sp³-hybridized carbons (Fsp3) is 0.0909. The first kappa shape index (κ1) is 12.4. The molecule has 2 N–H and O–H groups in total. The highest BCUT2D eigenvalue weighted by Gasteiger charge is 2.03. The fourth-order valence-corrected chi connectivity index (χ4v) is 1.95. The molecule has 0 aliphatic heterocycles. The Kier molecular flexibility index (Phi) is 4.01. The van der Waals surface area contributed by atoms with E-state index in [1.807, 2.05) is 31.3 Å². The van der Waals surface area contributed by atoms with Crippen LogP contribution < -0.4 is 10.6 Å². The molecule has 0 aliphatic rings. The molecule has 1 aromatic heterocycles. The van der Waals surface area contributed by atoms with Crippen LogP contribution in [-0.4, -0.2) is 17.0 Å². The predicted molar refractivity (Wildman–Crippen MR) is 79.0 cm³/mol. The zero-order chi connectivity index (χ0) is 12.3. The van der Waals surface area contributed by atoms with Crippen LogP contribution in [0.15, 0.2) is 30.6 Å². The first-order valence-electron chi connectivity index (χ1n) is 4.91. The minimum atomic E-state index is 0.662. The highest BCUT2D eigenvalue weighted by Crippen LogP contribution is 2.26. The molecular formula is C11H10ClIN4. The van der Waals surface area contributed by atoms with Gasteiger partial charge < -0.3 is 10.6 Å². The molecule has 0 radical (unpaired) electrons. The second-order valence-corrected chi connectivity index (χ2v) is 4.94. The molecule has 88 valence electrons. The molecule has 6 heteroatoms. The van der Waals surface area contributed by atoms with Gasteiger partial charge in [0.1, 0.15) is 18.0 Å².